The van der Waals surface area contributed by atoms with E-state index >= 15 is 0 Å². The zero-order valence-corrected chi connectivity index (χ0v) is 19.3. The molecule has 30 heavy (non-hydrogen) atoms. The van der Waals surface area contributed by atoms with Gasteiger partial charge in [0.1, 0.15) is 0 Å². The Labute approximate surface area is 181 Å². The number of rotatable bonds is 4. The molecule has 1 aliphatic heterocycles. The fraction of sp³-hybridized carbons (Fsp3) is 0.370. The SMILES string of the molecule is CC(=Nc1ccccc1C(C)(C)C)C1=CCC(C=Nc2ccccc2C(C)(C)C)=N1. The topological polar surface area (TPSA) is 37.1 Å². The molecule has 0 radical (unpaired) electrons. The normalized spacial score (nSPS) is 15.5. The minimum absolute atomic E-state index is 0.0476. The predicted octanol–water partition coefficient (Wildman–Crippen LogP) is 7.51. The molecular formula is C27H33N3. The maximum atomic E-state index is 4.90. The third-order valence-electron chi connectivity index (χ3n) is 5.20. The van der Waals surface area contributed by atoms with Gasteiger partial charge in [-0.15, -0.1) is 0 Å². The summed E-state index contributed by atoms with van der Waals surface area (Å²) in [5.41, 5.74) is 7.44. The van der Waals surface area contributed by atoms with Crippen molar-refractivity contribution in [2.45, 2.75) is 65.7 Å². The van der Waals surface area contributed by atoms with Crippen LogP contribution in [0.25, 0.3) is 0 Å². The Balaban J connectivity index is 1.82. The van der Waals surface area contributed by atoms with Gasteiger partial charge in [-0.25, -0.2) is 4.99 Å². The van der Waals surface area contributed by atoms with Crippen molar-refractivity contribution in [3.63, 3.8) is 0 Å². The van der Waals surface area contributed by atoms with Gasteiger partial charge in [-0.1, -0.05) is 84.0 Å². The Hall–Kier alpha value is -2.81. The fourth-order valence-electron chi connectivity index (χ4n) is 3.57. The van der Waals surface area contributed by atoms with Crippen LogP contribution >= 0.6 is 0 Å². The van der Waals surface area contributed by atoms with Crippen LogP contribution in [0.4, 0.5) is 11.4 Å². The van der Waals surface area contributed by atoms with Gasteiger partial charge < -0.3 is 0 Å². The predicted molar refractivity (Wildman–Crippen MR) is 131 cm³/mol. The van der Waals surface area contributed by atoms with Crippen LogP contribution in [-0.2, 0) is 10.8 Å². The summed E-state index contributed by atoms with van der Waals surface area (Å²) in [5.74, 6) is 0. The number of benzene rings is 2. The van der Waals surface area contributed by atoms with Crippen molar-refractivity contribution in [3.8, 4) is 0 Å². The zero-order valence-electron chi connectivity index (χ0n) is 19.3. The van der Waals surface area contributed by atoms with E-state index < -0.39 is 0 Å². The quantitative estimate of drug-likeness (QED) is 0.477. The van der Waals surface area contributed by atoms with E-state index in [0.717, 1.165) is 34.9 Å². The number of allylic oxidation sites excluding steroid dienone is 2. The van der Waals surface area contributed by atoms with Crippen LogP contribution in [0.2, 0.25) is 0 Å². The maximum absolute atomic E-state index is 4.90. The zero-order chi connectivity index (χ0) is 21.9. The van der Waals surface area contributed by atoms with Crippen LogP contribution in [-0.4, -0.2) is 17.6 Å². The van der Waals surface area contributed by atoms with Gasteiger partial charge in [0.05, 0.1) is 28.5 Å². The molecule has 0 saturated heterocycles. The minimum atomic E-state index is 0.0476. The molecule has 3 rings (SSSR count). The molecular weight excluding hydrogens is 366 g/mol. The van der Waals surface area contributed by atoms with Gasteiger partial charge in [-0.3, -0.25) is 9.98 Å². The van der Waals surface area contributed by atoms with E-state index in [-0.39, 0.29) is 10.8 Å². The highest BCUT2D eigenvalue weighted by Crippen LogP contribution is 2.32. The lowest BCUT2D eigenvalue weighted by Gasteiger charge is -2.21. The highest BCUT2D eigenvalue weighted by Gasteiger charge is 2.19. The molecule has 0 spiro atoms. The van der Waals surface area contributed by atoms with Crippen molar-refractivity contribution in [3.05, 3.63) is 71.4 Å². The number of para-hydroxylation sites is 2. The molecule has 0 bridgehead atoms. The van der Waals surface area contributed by atoms with Gasteiger partial charge >= 0.3 is 0 Å². The standard InChI is InChI=1S/C27H33N3/c1-19(29-25-15-11-9-13-22(25)27(5,6)7)23-17-16-20(30-23)18-28-24-14-10-8-12-21(24)26(2,3)4/h8-15,17-18H,16H2,1-7H3. The first-order chi connectivity index (χ1) is 14.1. The van der Waals surface area contributed by atoms with Crippen LogP contribution in [0.5, 0.6) is 0 Å². The summed E-state index contributed by atoms with van der Waals surface area (Å²) in [6, 6.07) is 16.7. The summed E-state index contributed by atoms with van der Waals surface area (Å²) in [4.78, 5) is 14.4. The molecule has 0 fully saturated rings. The molecule has 0 atom stereocenters. The Morgan fingerprint density at radius 1 is 0.833 bits per heavy atom. The lowest BCUT2D eigenvalue weighted by Crippen LogP contribution is -2.11. The number of hydrogen-bond acceptors (Lipinski definition) is 3. The first-order valence-electron chi connectivity index (χ1n) is 10.6. The minimum Gasteiger partial charge on any atom is -0.255 e. The average molecular weight is 400 g/mol. The summed E-state index contributed by atoms with van der Waals surface area (Å²) in [5, 5.41) is 0. The van der Waals surface area contributed by atoms with Crippen LogP contribution in [0.3, 0.4) is 0 Å². The Morgan fingerprint density at radius 2 is 1.37 bits per heavy atom. The highest BCUT2D eigenvalue weighted by atomic mass is 14.9. The Kier molecular flexibility index (Phi) is 6.21. The van der Waals surface area contributed by atoms with Gasteiger partial charge in [0.2, 0.25) is 0 Å². The Bertz CT molecular complexity index is 1040. The van der Waals surface area contributed by atoms with Crippen LogP contribution in [0.1, 0.15) is 66.0 Å². The summed E-state index contributed by atoms with van der Waals surface area (Å²) in [6.07, 6.45) is 4.81. The van der Waals surface area contributed by atoms with Crippen LogP contribution in [0.15, 0.2) is 75.3 Å². The van der Waals surface area contributed by atoms with E-state index in [1.54, 1.807) is 0 Å². The molecule has 0 N–H and O–H groups in total. The lowest BCUT2D eigenvalue weighted by atomic mass is 9.86. The smallest absolute Gasteiger partial charge is 0.0810 e. The first kappa shape index (κ1) is 21.9. The molecule has 0 aliphatic carbocycles. The van der Waals surface area contributed by atoms with Crippen molar-refractivity contribution in [1.29, 1.82) is 0 Å². The fourth-order valence-corrected chi connectivity index (χ4v) is 3.57. The lowest BCUT2D eigenvalue weighted by molar-refractivity contribution is 0.591. The molecule has 2 aromatic rings. The highest BCUT2D eigenvalue weighted by molar-refractivity contribution is 6.33. The summed E-state index contributed by atoms with van der Waals surface area (Å²) in [6.45, 7) is 15.3. The maximum Gasteiger partial charge on any atom is 0.0810 e. The van der Waals surface area contributed by atoms with Crippen molar-refractivity contribution >= 4 is 29.0 Å². The van der Waals surface area contributed by atoms with Gasteiger partial charge in [0.15, 0.2) is 0 Å². The molecule has 3 nitrogen and oxygen atoms in total. The van der Waals surface area contributed by atoms with Crippen LogP contribution in [0, 0.1) is 0 Å². The van der Waals surface area contributed by atoms with E-state index in [9.17, 15) is 0 Å². The molecule has 0 saturated carbocycles. The number of hydrogen-bond donors (Lipinski definition) is 0. The van der Waals surface area contributed by atoms with E-state index in [4.69, 9.17) is 15.0 Å². The summed E-state index contributed by atoms with van der Waals surface area (Å²) < 4.78 is 0. The van der Waals surface area contributed by atoms with Crippen molar-refractivity contribution in [1.82, 2.24) is 0 Å². The third-order valence-corrected chi connectivity index (χ3v) is 5.20. The summed E-state index contributed by atoms with van der Waals surface area (Å²) in [7, 11) is 0. The van der Waals surface area contributed by atoms with E-state index in [1.165, 1.54) is 11.1 Å². The van der Waals surface area contributed by atoms with E-state index in [1.807, 2.05) is 25.3 Å². The Morgan fingerprint density at radius 3 is 1.97 bits per heavy atom. The molecule has 156 valence electrons. The largest absolute Gasteiger partial charge is 0.255 e. The van der Waals surface area contributed by atoms with Crippen molar-refractivity contribution < 1.29 is 0 Å². The van der Waals surface area contributed by atoms with Crippen molar-refractivity contribution in [2.75, 3.05) is 0 Å². The molecule has 1 aliphatic rings. The molecule has 2 aromatic carbocycles. The second-order valence-corrected chi connectivity index (χ2v) is 9.89. The van der Waals surface area contributed by atoms with Gasteiger partial charge in [-0.2, -0.15) is 0 Å². The van der Waals surface area contributed by atoms with E-state index in [2.05, 4.69) is 84.0 Å². The molecule has 0 unspecified atom stereocenters. The first-order valence-corrected chi connectivity index (χ1v) is 10.6. The number of nitrogens with zero attached hydrogens (tertiary/aromatic N) is 3. The van der Waals surface area contributed by atoms with Gasteiger partial charge in [-0.05, 0) is 41.0 Å². The number of aliphatic imine (C=N–C) groups is 3. The molecule has 0 aromatic heterocycles. The average Bonchev–Trinajstić information content (AvgIpc) is 3.15. The second-order valence-electron chi connectivity index (χ2n) is 9.89. The molecule has 1 heterocycles. The molecule has 3 heteroatoms. The van der Waals surface area contributed by atoms with E-state index in [0.29, 0.717) is 0 Å². The summed E-state index contributed by atoms with van der Waals surface area (Å²) >= 11 is 0. The van der Waals surface area contributed by atoms with Crippen LogP contribution < -0.4 is 0 Å². The van der Waals surface area contributed by atoms with Gasteiger partial charge in [0, 0.05) is 12.6 Å². The van der Waals surface area contributed by atoms with Crippen molar-refractivity contribution in [2.24, 2.45) is 15.0 Å². The second kappa shape index (κ2) is 8.51. The van der Waals surface area contributed by atoms with Gasteiger partial charge in [0.25, 0.3) is 0 Å². The molecule has 0 amide bonds. The monoisotopic (exact) mass is 399 g/mol. The third kappa shape index (κ3) is 5.21.